The summed E-state index contributed by atoms with van der Waals surface area (Å²) in [5.74, 6) is -0.385. The minimum absolute atomic E-state index is 0.0622. The highest BCUT2D eigenvalue weighted by Crippen LogP contribution is 2.22. The number of benzene rings is 3. The fourth-order valence-corrected chi connectivity index (χ4v) is 3.40. The third-order valence-corrected chi connectivity index (χ3v) is 5.06. The molecule has 0 aliphatic heterocycles. The minimum atomic E-state index is -0.516. The number of hydrogen-bond acceptors (Lipinski definition) is 9. The van der Waals surface area contributed by atoms with Crippen LogP contribution in [0.3, 0.4) is 0 Å². The van der Waals surface area contributed by atoms with E-state index in [2.05, 4.69) is 9.98 Å². The topological polar surface area (TPSA) is 192 Å². The van der Waals surface area contributed by atoms with Gasteiger partial charge >= 0.3 is 18.3 Å². The molecule has 0 spiro atoms. The van der Waals surface area contributed by atoms with Crippen LogP contribution in [0.1, 0.15) is 26.4 Å². The van der Waals surface area contributed by atoms with E-state index in [9.17, 15) is 9.59 Å². The number of carbonyl (C=O) groups is 2. The number of nitrogens with zero attached hydrogens (tertiary/aromatic N) is 3. The van der Waals surface area contributed by atoms with Crippen molar-refractivity contribution in [3.05, 3.63) is 102 Å². The van der Waals surface area contributed by atoms with Gasteiger partial charge in [0.05, 0.1) is 16.8 Å². The third kappa shape index (κ3) is 9.16. The maximum absolute atomic E-state index is 12.8. The first-order valence-corrected chi connectivity index (χ1v) is 11.3. The summed E-state index contributed by atoms with van der Waals surface area (Å²) < 4.78 is 5.48. The Labute approximate surface area is 227 Å². The van der Waals surface area contributed by atoms with E-state index in [-0.39, 0.29) is 24.2 Å². The number of esters is 1. The lowest BCUT2D eigenvalue weighted by Crippen LogP contribution is -2.26. The highest BCUT2D eigenvalue weighted by Gasteiger charge is 2.15. The van der Waals surface area contributed by atoms with Crippen LogP contribution in [0.15, 0.2) is 89.9 Å². The van der Waals surface area contributed by atoms with Crippen molar-refractivity contribution >= 4 is 46.7 Å². The Balaban J connectivity index is 0.000000858. The van der Waals surface area contributed by atoms with Gasteiger partial charge in [0.1, 0.15) is 11.4 Å². The molecule has 12 nitrogen and oxygen atoms in total. The SMILES string of the molecule is CN(Cc1ccccc1)C(=O)c1ccc2cc(OC(=O)c3ccc(N=C(N)N)cc3)ccc2n1.O=C=O.O=C=O. The van der Waals surface area contributed by atoms with E-state index in [0.29, 0.717) is 34.8 Å². The van der Waals surface area contributed by atoms with Crippen LogP contribution in [-0.2, 0) is 25.7 Å². The van der Waals surface area contributed by atoms with Crippen LogP contribution in [0.4, 0.5) is 5.69 Å². The molecule has 0 bridgehead atoms. The Bertz CT molecular complexity index is 1540. The molecule has 12 heteroatoms. The lowest BCUT2D eigenvalue weighted by molar-refractivity contribution is -0.193. The number of carbonyl (C=O) groups excluding carboxylic acids is 6. The van der Waals surface area contributed by atoms with E-state index in [1.165, 1.54) is 0 Å². The maximum atomic E-state index is 12.8. The first-order chi connectivity index (χ1) is 19.2. The van der Waals surface area contributed by atoms with Crippen molar-refractivity contribution in [1.29, 1.82) is 0 Å². The molecule has 4 N–H and O–H groups in total. The molecule has 1 heterocycles. The third-order valence-electron chi connectivity index (χ3n) is 5.06. The summed E-state index contributed by atoms with van der Waals surface area (Å²) in [4.78, 5) is 67.8. The van der Waals surface area contributed by atoms with Gasteiger partial charge in [0.15, 0.2) is 5.96 Å². The van der Waals surface area contributed by atoms with E-state index in [1.54, 1.807) is 66.5 Å². The molecular weight excluding hydrogens is 518 g/mol. The van der Waals surface area contributed by atoms with E-state index in [0.717, 1.165) is 10.9 Å². The molecule has 0 saturated carbocycles. The molecule has 40 heavy (non-hydrogen) atoms. The molecule has 0 radical (unpaired) electrons. The zero-order chi connectivity index (χ0) is 29.5. The maximum Gasteiger partial charge on any atom is 0.373 e. The summed E-state index contributed by atoms with van der Waals surface area (Å²) in [6.07, 6.45) is 0.500. The van der Waals surface area contributed by atoms with Gasteiger partial charge in [0.25, 0.3) is 5.91 Å². The van der Waals surface area contributed by atoms with Crippen LogP contribution in [0.25, 0.3) is 10.9 Å². The van der Waals surface area contributed by atoms with Gasteiger partial charge in [-0.2, -0.15) is 19.2 Å². The Kier molecular flexibility index (Phi) is 11.6. The summed E-state index contributed by atoms with van der Waals surface area (Å²) in [7, 11) is 1.74. The van der Waals surface area contributed by atoms with Crippen LogP contribution in [0, 0.1) is 0 Å². The van der Waals surface area contributed by atoms with Gasteiger partial charge in [-0.1, -0.05) is 36.4 Å². The monoisotopic (exact) mass is 541 g/mol. The summed E-state index contributed by atoms with van der Waals surface area (Å²) in [5.41, 5.74) is 13.6. The number of nitrogens with two attached hydrogens (primary N) is 2. The van der Waals surface area contributed by atoms with Gasteiger partial charge < -0.3 is 21.1 Å². The van der Waals surface area contributed by atoms with Gasteiger partial charge in [-0.25, -0.2) is 14.8 Å². The summed E-state index contributed by atoms with van der Waals surface area (Å²) in [6.45, 7) is 0.487. The largest absolute Gasteiger partial charge is 0.423 e. The van der Waals surface area contributed by atoms with Crippen LogP contribution in [0.2, 0.25) is 0 Å². The first kappa shape index (κ1) is 30.3. The number of aliphatic imine (C=N–C) groups is 1. The van der Waals surface area contributed by atoms with Crippen molar-refractivity contribution in [3.8, 4) is 5.75 Å². The van der Waals surface area contributed by atoms with Crippen molar-refractivity contribution in [3.63, 3.8) is 0 Å². The predicted octanol–water partition coefficient (Wildman–Crippen LogP) is 2.46. The van der Waals surface area contributed by atoms with Crippen molar-refractivity contribution in [2.24, 2.45) is 16.5 Å². The van der Waals surface area contributed by atoms with Crippen molar-refractivity contribution in [1.82, 2.24) is 9.88 Å². The Hall–Kier alpha value is -5.96. The van der Waals surface area contributed by atoms with E-state index < -0.39 is 5.97 Å². The number of rotatable bonds is 6. The van der Waals surface area contributed by atoms with E-state index in [4.69, 9.17) is 35.4 Å². The Morgan fingerprint density at radius 1 is 0.875 bits per heavy atom. The molecule has 0 unspecified atom stereocenters. The lowest BCUT2D eigenvalue weighted by Gasteiger charge is -2.17. The number of aromatic nitrogens is 1. The smallest absolute Gasteiger partial charge is 0.373 e. The molecular formula is C28H23N5O7. The minimum Gasteiger partial charge on any atom is -0.423 e. The highest BCUT2D eigenvalue weighted by atomic mass is 16.5. The average Bonchev–Trinajstić information content (AvgIpc) is 2.94. The van der Waals surface area contributed by atoms with Crippen LogP contribution < -0.4 is 16.2 Å². The number of pyridine rings is 1. The van der Waals surface area contributed by atoms with Crippen molar-refractivity contribution in [2.75, 3.05) is 7.05 Å². The number of guanidine groups is 1. The molecule has 0 saturated heterocycles. The molecule has 0 aliphatic rings. The first-order valence-electron chi connectivity index (χ1n) is 11.3. The summed E-state index contributed by atoms with van der Waals surface area (Å²) >= 11 is 0. The normalized spacial score (nSPS) is 9.32. The standard InChI is InChI=1S/C26H23N5O3.2CO2/c1-31(16-17-5-3-2-4-6-17)24(32)23-13-9-19-15-21(12-14-22(19)30-23)34-25(33)18-7-10-20(11-8-18)29-26(27)28;2*2-1-3/h2-15H,16H2,1H3,(H4,27,28,29);;. The molecule has 202 valence electrons. The second-order valence-corrected chi connectivity index (χ2v) is 7.84. The Morgan fingerprint density at radius 3 is 2.10 bits per heavy atom. The summed E-state index contributed by atoms with van der Waals surface area (Å²) in [5, 5.41) is 0.746. The van der Waals surface area contributed by atoms with Gasteiger partial charge in [-0.15, -0.1) is 0 Å². The quantitative estimate of drug-likeness (QED) is 0.158. The van der Waals surface area contributed by atoms with Crippen LogP contribution >= 0.6 is 0 Å². The van der Waals surface area contributed by atoms with Gasteiger partial charge in [0.2, 0.25) is 0 Å². The van der Waals surface area contributed by atoms with Crippen LogP contribution in [0.5, 0.6) is 5.75 Å². The van der Waals surface area contributed by atoms with Crippen molar-refractivity contribution < 1.29 is 33.5 Å². The van der Waals surface area contributed by atoms with Gasteiger partial charge in [-0.3, -0.25) is 4.79 Å². The second-order valence-electron chi connectivity index (χ2n) is 7.84. The fraction of sp³-hybridized carbons (Fsp3) is 0.0714. The molecule has 1 amide bonds. The second kappa shape index (κ2) is 15.3. The number of hydrogen-bond donors (Lipinski definition) is 2. The summed E-state index contributed by atoms with van der Waals surface area (Å²) in [6, 6.07) is 24.7. The number of fused-ring (bicyclic) bond motifs is 1. The molecule has 0 aliphatic carbocycles. The predicted molar refractivity (Wildman–Crippen MR) is 141 cm³/mol. The Morgan fingerprint density at radius 2 is 1.50 bits per heavy atom. The molecule has 3 aromatic carbocycles. The lowest BCUT2D eigenvalue weighted by atomic mass is 10.1. The molecule has 1 aromatic heterocycles. The van der Waals surface area contributed by atoms with Crippen molar-refractivity contribution in [2.45, 2.75) is 6.54 Å². The van der Waals surface area contributed by atoms with E-state index >= 15 is 0 Å². The zero-order valence-corrected chi connectivity index (χ0v) is 21.1. The van der Waals surface area contributed by atoms with Crippen LogP contribution in [-0.4, -0.2) is 47.1 Å². The van der Waals surface area contributed by atoms with Gasteiger partial charge in [0, 0.05) is 19.0 Å². The molecule has 0 atom stereocenters. The molecule has 4 aromatic rings. The van der Waals surface area contributed by atoms with Gasteiger partial charge in [-0.05, 0) is 54.1 Å². The molecule has 0 fully saturated rings. The average molecular weight is 542 g/mol. The fourth-order valence-electron chi connectivity index (χ4n) is 3.40. The van der Waals surface area contributed by atoms with E-state index in [1.807, 2.05) is 30.3 Å². The zero-order valence-electron chi connectivity index (χ0n) is 21.1. The molecule has 4 rings (SSSR count). The number of amides is 1. The highest BCUT2D eigenvalue weighted by molar-refractivity contribution is 5.95. The number of ether oxygens (including phenoxy) is 1.